The first-order chi connectivity index (χ1) is 8.88. The molecule has 0 aliphatic carbocycles. The van der Waals surface area contributed by atoms with Crippen molar-refractivity contribution >= 4 is 50.3 Å². The number of hydrogen-bond donors (Lipinski definition) is 2. The molecule has 0 bridgehead atoms. The van der Waals surface area contributed by atoms with E-state index in [9.17, 15) is 13.0 Å². The molecule has 19 heavy (non-hydrogen) atoms. The van der Waals surface area contributed by atoms with Crippen LogP contribution in [0.4, 0.5) is 5.69 Å². The van der Waals surface area contributed by atoms with Crippen molar-refractivity contribution < 1.29 is 13.0 Å². The summed E-state index contributed by atoms with van der Waals surface area (Å²) in [6.45, 7) is 0. The van der Waals surface area contributed by atoms with Gasteiger partial charge in [0.25, 0.3) is 10.1 Å². The van der Waals surface area contributed by atoms with Crippen molar-refractivity contribution in [2.45, 2.75) is 5.37 Å². The summed E-state index contributed by atoms with van der Waals surface area (Å²) in [6, 6.07) is 6.24. The fourth-order valence-corrected chi connectivity index (χ4v) is 3.34. The Kier molecular flexibility index (Phi) is 4.37. The second-order valence-electron chi connectivity index (χ2n) is 3.72. The summed E-state index contributed by atoms with van der Waals surface area (Å²) < 4.78 is 32.1. The predicted octanol–water partition coefficient (Wildman–Crippen LogP) is 4.05. The van der Waals surface area contributed by atoms with Crippen LogP contribution in [0, 0.1) is 0 Å². The Balaban J connectivity index is 2.34. The van der Waals surface area contributed by atoms with Crippen LogP contribution < -0.4 is 5.32 Å². The largest absolute Gasteiger partial charge is 0.363 e. The van der Waals surface area contributed by atoms with Crippen molar-refractivity contribution in [3.05, 3.63) is 50.6 Å². The maximum Gasteiger partial charge on any atom is 0.290 e. The second-order valence-corrected chi connectivity index (χ2v) is 6.82. The van der Waals surface area contributed by atoms with Gasteiger partial charge in [-0.15, -0.1) is 0 Å². The van der Waals surface area contributed by atoms with Gasteiger partial charge in [0, 0.05) is 11.3 Å². The molecule has 102 valence electrons. The fraction of sp³-hybridized carbons (Fsp3) is 0.0909. The van der Waals surface area contributed by atoms with Crippen LogP contribution in [0.3, 0.4) is 0 Å². The highest BCUT2D eigenvalue weighted by atomic mass is 35.5. The number of thiophene rings is 1. The van der Waals surface area contributed by atoms with Crippen LogP contribution in [0.15, 0.2) is 35.0 Å². The van der Waals surface area contributed by atoms with Gasteiger partial charge in [-0.25, -0.2) is 0 Å². The highest BCUT2D eigenvalue weighted by Crippen LogP contribution is 2.30. The first-order valence-corrected chi connectivity index (χ1v) is 8.28. The van der Waals surface area contributed by atoms with Crippen LogP contribution >= 0.6 is 34.5 Å². The Morgan fingerprint density at radius 3 is 2.47 bits per heavy atom. The first-order valence-electron chi connectivity index (χ1n) is 5.08. The molecule has 0 saturated heterocycles. The molecule has 2 rings (SSSR count). The van der Waals surface area contributed by atoms with Gasteiger partial charge in [-0.2, -0.15) is 19.8 Å². The molecule has 0 radical (unpaired) electrons. The molecule has 0 fully saturated rings. The van der Waals surface area contributed by atoms with Gasteiger partial charge >= 0.3 is 0 Å². The summed E-state index contributed by atoms with van der Waals surface area (Å²) in [5.74, 6) is 0. The Labute approximate surface area is 124 Å². The van der Waals surface area contributed by atoms with Crippen LogP contribution in [0.1, 0.15) is 10.9 Å². The van der Waals surface area contributed by atoms with Gasteiger partial charge < -0.3 is 5.32 Å². The molecule has 2 aromatic rings. The minimum atomic E-state index is -4.29. The van der Waals surface area contributed by atoms with Gasteiger partial charge in [-0.3, -0.25) is 4.55 Å². The zero-order chi connectivity index (χ0) is 14.0. The monoisotopic (exact) mass is 337 g/mol. The molecule has 0 amide bonds. The molecular weight excluding hydrogens is 329 g/mol. The van der Waals surface area contributed by atoms with Crippen LogP contribution in [0.2, 0.25) is 10.0 Å². The highest BCUT2D eigenvalue weighted by molar-refractivity contribution is 7.86. The lowest BCUT2D eigenvalue weighted by Gasteiger charge is -2.16. The maximum atomic E-state index is 11.4. The van der Waals surface area contributed by atoms with E-state index in [4.69, 9.17) is 23.2 Å². The molecule has 1 atom stereocenters. The lowest BCUT2D eigenvalue weighted by atomic mass is 10.3. The zero-order valence-corrected chi connectivity index (χ0v) is 12.5. The smallest absolute Gasteiger partial charge is 0.290 e. The first kappa shape index (κ1) is 14.6. The Morgan fingerprint density at radius 2 is 1.95 bits per heavy atom. The highest BCUT2D eigenvalue weighted by Gasteiger charge is 2.25. The topological polar surface area (TPSA) is 66.4 Å². The Bertz CT molecular complexity index is 671. The van der Waals surface area contributed by atoms with Gasteiger partial charge in [0.05, 0.1) is 10.0 Å². The molecule has 4 nitrogen and oxygen atoms in total. The number of rotatable bonds is 4. The number of nitrogens with one attached hydrogen (secondary N) is 1. The third-order valence-corrected chi connectivity index (χ3v) is 4.79. The van der Waals surface area contributed by atoms with E-state index in [2.05, 4.69) is 5.32 Å². The minimum absolute atomic E-state index is 0.297. The van der Waals surface area contributed by atoms with Crippen molar-refractivity contribution in [3.8, 4) is 0 Å². The molecule has 0 aliphatic rings. The van der Waals surface area contributed by atoms with Crippen molar-refractivity contribution in [1.29, 1.82) is 0 Å². The Hall–Kier alpha value is -0.790. The van der Waals surface area contributed by atoms with Crippen LogP contribution in [0.25, 0.3) is 0 Å². The van der Waals surface area contributed by atoms with Crippen LogP contribution in [-0.2, 0) is 10.1 Å². The van der Waals surface area contributed by atoms with Gasteiger partial charge in [0.2, 0.25) is 0 Å². The van der Waals surface area contributed by atoms with E-state index in [1.54, 1.807) is 29.0 Å². The van der Waals surface area contributed by atoms with E-state index >= 15 is 0 Å². The summed E-state index contributed by atoms with van der Waals surface area (Å²) >= 11 is 13.0. The lowest BCUT2D eigenvalue weighted by Crippen LogP contribution is -2.20. The number of benzene rings is 1. The summed E-state index contributed by atoms with van der Waals surface area (Å²) in [6.07, 6.45) is 0. The summed E-state index contributed by atoms with van der Waals surface area (Å²) in [4.78, 5) is 0. The van der Waals surface area contributed by atoms with Crippen molar-refractivity contribution in [2.24, 2.45) is 0 Å². The molecule has 0 saturated carbocycles. The molecule has 1 heterocycles. The van der Waals surface area contributed by atoms with E-state index in [0.29, 0.717) is 21.3 Å². The second kappa shape index (κ2) is 5.68. The number of halogens is 2. The summed E-state index contributed by atoms with van der Waals surface area (Å²) in [7, 11) is -4.29. The lowest BCUT2D eigenvalue weighted by molar-refractivity contribution is 0.473. The SMILES string of the molecule is O=S(=O)(O)C(Nc1ccc(Cl)c(Cl)c1)c1ccsc1. The third-order valence-electron chi connectivity index (χ3n) is 2.36. The molecule has 0 spiro atoms. The molecule has 1 aromatic carbocycles. The standard InChI is InChI=1S/C11H9Cl2NO3S2/c12-9-2-1-8(5-10(9)13)14-11(19(15,16)17)7-3-4-18-6-7/h1-6,11,14H,(H,15,16,17). The minimum Gasteiger partial charge on any atom is -0.363 e. The molecule has 0 aliphatic heterocycles. The van der Waals surface area contributed by atoms with Crippen LogP contribution in [0.5, 0.6) is 0 Å². The summed E-state index contributed by atoms with van der Waals surface area (Å²) in [5.41, 5.74) is 0.904. The summed E-state index contributed by atoms with van der Waals surface area (Å²) in [5, 5.41) is 5.51. The quantitative estimate of drug-likeness (QED) is 0.826. The predicted molar refractivity (Wildman–Crippen MR) is 78.7 cm³/mol. The fourth-order valence-electron chi connectivity index (χ4n) is 1.49. The third kappa shape index (κ3) is 3.61. The van der Waals surface area contributed by atoms with Gasteiger partial charge in [0.1, 0.15) is 0 Å². The average molecular weight is 338 g/mol. The molecule has 8 heteroatoms. The van der Waals surface area contributed by atoms with Crippen molar-refractivity contribution in [1.82, 2.24) is 0 Å². The Morgan fingerprint density at radius 1 is 1.21 bits per heavy atom. The average Bonchev–Trinajstić information content (AvgIpc) is 2.82. The maximum absolute atomic E-state index is 11.4. The molecular formula is C11H9Cl2NO3S2. The van der Waals surface area contributed by atoms with E-state index in [0.717, 1.165) is 0 Å². The van der Waals surface area contributed by atoms with E-state index in [-0.39, 0.29) is 0 Å². The van der Waals surface area contributed by atoms with Crippen LogP contribution in [-0.4, -0.2) is 13.0 Å². The van der Waals surface area contributed by atoms with Gasteiger partial charge in [-0.1, -0.05) is 23.2 Å². The van der Waals surface area contributed by atoms with E-state index in [1.807, 2.05) is 0 Å². The van der Waals surface area contributed by atoms with Crippen molar-refractivity contribution in [2.75, 3.05) is 5.32 Å². The normalized spacial score (nSPS) is 13.2. The van der Waals surface area contributed by atoms with E-state index in [1.165, 1.54) is 17.4 Å². The molecule has 1 unspecified atom stereocenters. The zero-order valence-electron chi connectivity index (χ0n) is 9.38. The van der Waals surface area contributed by atoms with Gasteiger partial charge in [0.15, 0.2) is 5.37 Å². The molecule has 1 aromatic heterocycles. The number of anilines is 1. The number of hydrogen-bond acceptors (Lipinski definition) is 4. The van der Waals surface area contributed by atoms with E-state index < -0.39 is 15.5 Å². The molecule has 2 N–H and O–H groups in total. The van der Waals surface area contributed by atoms with Crippen molar-refractivity contribution in [3.63, 3.8) is 0 Å². The van der Waals surface area contributed by atoms with Gasteiger partial charge in [-0.05, 0) is 35.0 Å².